The van der Waals surface area contributed by atoms with Crippen LogP contribution in [0.15, 0.2) is 35.4 Å². The molecule has 112 valence electrons. The maximum absolute atomic E-state index is 12.3. The van der Waals surface area contributed by atoms with Crippen LogP contribution >= 0.6 is 23.2 Å². The Morgan fingerprint density at radius 3 is 2.43 bits per heavy atom. The summed E-state index contributed by atoms with van der Waals surface area (Å²) in [4.78, 5) is 4.01. The van der Waals surface area contributed by atoms with E-state index in [0.717, 1.165) is 5.56 Å². The van der Waals surface area contributed by atoms with Crippen molar-refractivity contribution < 1.29 is 8.42 Å². The molecule has 0 fully saturated rings. The highest BCUT2D eigenvalue weighted by atomic mass is 35.5. The highest BCUT2D eigenvalue weighted by Gasteiger charge is 2.17. The number of rotatable bonds is 4. The molecule has 0 aliphatic carbocycles. The Labute approximate surface area is 133 Å². The number of sulfonamides is 1. The van der Waals surface area contributed by atoms with E-state index < -0.39 is 10.0 Å². The van der Waals surface area contributed by atoms with Gasteiger partial charge in [-0.15, -0.1) is 0 Å². The van der Waals surface area contributed by atoms with E-state index in [4.69, 9.17) is 23.2 Å². The number of nitrogens with one attached hydrogen (secondary N) is 2. The van der Waals surface area contributed by atoms with Gasteiger partial charge in [-0.3, -0.25) is 4.72 Å². The van der Waals surface area contributed by atoms with Gasteiger partial charge >= 0.3 is 0 Å². The number of hydrogen-bond donors (Lipinski definition) is 2. The maximum atomic E-state index is 12.3. The minimum Gasteiger partial charge on any atom is -0.373 e. The first-order valence-corrected chi connectivity index (χ1v) is 8.19. The molecular formula is C13H13Cl2N3O2S. The number of halogens is 2. The normalized spacial score (nSPS) is 11.2. The van der Waals surface area contributed by atoms with Crippen LogP contribution in [0.4, 0.5) is 11.5 Å². The van der Waals surface area contributed by atoms with E-state index in [2.05, 4.69) is 15.0 Å². The van der Waals surface area contributed by atoms with Crippen molar-refractivity contribution in [2.75, 3.05) is 17.1 Å². The summed E-state index contributed by atoms with van der Waals surface area (Å²) in [5.41, 5.74) is 0.995. The van der Waals surface area contributed by atoms with Gasteiger partial charge in [0.15, 0.2) is 0 Å². The topological polar surface area (TPSA) is 71.1 Å². The van der Waals surface area contributed by atoms with E-state index in [1.807, 2.05) is 0 Å². The molecule has 0 aliphatic rings. The fraction of sp³-hybridized carbons (Fsp3) is 0.154. The van der Waals surface area contributed by atoms with Crippen molar-refractivity contribution in [1.29, 1.82) is 0 Å². The Morgan fingerprint density at radius 1 is 1.14 bits per heavy atom. The molecule has 0 aliphatic heterocycles. The Hall–Kier alpha value is -1.50. The predicted molar refractivity (Wildman–Crippen MR) is 85.8 cm³/mol. The number of hydrogen-bond acceptors (Lipinski definition) is 4. The van der Waals surface area contributed by atoms with Gasteiger partial charge in [0, 0.05) is 18.3 Å². The number of aromatic nitrogens is 1. The summed E-state index contributed by atoms with van der Waals surface area (Å²) in [7, 11) is -2.08. The van der Waals surface area contributed by atoms with Crippen LogP contribution in [0, 0.1) is 6.92 Å². The lowest BCUT2D eigenvalue weighted by atomic mass is 10.2. The number of nitrogens with zero attached hydrogens (tertiary/aromatic N) is 1. The van der Waals surface area contributed by atoms with Crippen LogP contribution in [-0.4, -0.2) is 20.4 Å². The summed E-state index contributed by atoms with van der Waals surface area (Å²) < 4.78 is 27.0. The van der Waals surface area contributed by atoms with Crippen molar-refractivity contribution >= 4 is 44.7 Å². The molecule has 0 amide bonds. The predicted octanol–water partition coefficient (Wildman–Crippen LogP) is 3.54. The fourth-order valence-corrected chi connectivity index (χ4v) is 3.12. The molecule has 2 aromatic rings. The molecule has 0 unspecified atom stereocenters. The molecular weight excluding hydrogens is 333 g/mol. The molecule has 1 aromatic carbocycles. The Balaban J connectivity index is 2.34. The van der Waals surface area contributed by atoms with Gasteiger partial charge in [0.25, 0.3) is 10.0 Å². The lowest BCUT2D eigenvalue weighted by molar-refractivity contribution is 0.601. The SMILES string of the molecule is CNc1ccc(S(=O)(=O)Nc2cc(Cl)c(C)cc2Cl)cn1. The molecule has 0 radical (unpaired) electrons. The summed E-state index contributed by atoms with van der Waals surface area (Å²) in [6, 6.07) is 6.10. The summed E-state index contributed by atoms with van der Waals surface area (Å²) in [6.07, 6.45) is 1.26. The van der Waals surface area contributed by atoms with Crippen LogP contribution in [0.1, 0.15) is 5.56 Å². The van der Waals surface area contributed by atoms with Gasteiger partial charge in [-0.1, -0.05) is 23.2 Å². The largest absolute Gasteiger partial charge is 0.373 e. The minimum absolute atomic E-state index is 0.0364. The molecule has 1 aromatic heterocycles. The average molecular weight is 346 g/mol. The molecule has 1 heterocycles. The summed E-state index contributed by atoms with van der Waals surface area (Å²) >= 11 is 12.0. The van der Waals surface area contributed by atoms with E-state index in [-0.39, 0.29) is 15.6 Å². The summed E-state index contributed by atoms with van der Waals surface area (Å²) in [5.74, 6) is 0.574. The van der Waals surface area contributed by atoms with Crippen molar-refractivity contribution in [3.63, 3.8) is 0 Å². The quantitative estimate of drug-likeness (QED) is 0.888. The first kappa shape index (κ1) is 15.9. The number of benzene rings is 1. The minimum atomic E-state index is -3.77. The molecule has 0 atom stereocenters. The number of anilines is 2. The molecule has 0 saturated carbocycles. The zero-order valence-electron chi connectivity index (χ0n) is 11.3. The molecule has 5 nitrogen and oxygen atoms in total. The van der Waals surface area contributed by atoms with E-state index in [1.54, 1.807) is 26.1 Å². The van der Waals surface area contributed by atoms with Gasteiger partial charge in [0.1, 0.15) is 10.7 Å². The van der Waals surface area contributed by atoms with Crippen molar-refractivity contribution in [2.45, 2.75) is 11.8 Å². The smallest absolute Gasteiger partial charge is 0.263 e. The molecule has 0 saturated heterocycles. The van der Waals surface area contributed by atoms with Gasteiger partial charge in [0.2, 0.25) is 0 Å². The number of aryl methyl sites for hydroxylation is 1. The average Bonchev–Trinajstić information content (AvgIpc) is 2.44. The van der Waals surface area contributed by atoms with Crippen molar-refractivity contribution in [2.24, 2.45) is 0 Å². The molecule has 0 bridgehead atoms. The second-order valence-electron chi connectivity index (χ2n) is 4.32. The van der Waals surface area contributed by atoms with E-state index in [1.165, 1.54) is 18.3 Å². The monoisotopic (exact) mass is 345 g/mol. The summed E-state index contributed by atoms with van der Waals surface area (Å²) in [5, 5.41) is 3.52. The van der Waals surface area contributed by atoms with Crippen molar-refractivity contribution in [1.82, 2.24) is 4.98 Å². The third kappa shape index (κ3) is 3.58. The first-order valence-electron chi connectivity index (χ1n) is 5.96. The van der Waals surface area contributed by atoms with Gasteiger partial charge in [-0.2, -0.15) is 0 Å². The molecule has 2 N–H and O–H groups in total. The Kier molecular flexibility index (Phi) is 4.61. The van der Waals surface area contributed by atoms with Crippen LogP contribution in [-0.2, 0) is 10.0 Å². The lowest BCUT2D eigenvalue weighted by Crippen LogP contribution is -2.13. The van der Waals surface area contributed by atoms with Gasteiger partial charge in [-0.25, -0.2) is 13.4 Å². The highest BCUT2D eigenvalue weighted by molar-refractivity contribution is 7.92. The van der Waals surface area contributed by atoms with Crippen LogP contribution in [0.25, 0.3) is 0 Å². The zero-order valence-corrected chi connectivity index (χ0v) is 13.6. The van der Waals surface area contributed by atoms with Gasteiger partial charge in [0.05, 0.1) is 10.7 Å². The van der Waals surface area contributed by atoms with Crippen LogP contribution in [0.2, 0.25) is 10.0 Å². The van der Waals surface area contributed by atoms with Crippen LogP contribution in [0.3, 0.4) is 0 Å². The van der Waals surface area contributed by atoms with Crippen LogP contribution < -0.4 is 10.0 Å². The Bertz CT molecular complexity index is 762. The molecule has 0 spiro atoms. The molecule has 2 rings (SSSR count). The van der Waals surface area contributed by atoms with Gasteiger partial charge in [-0.05, 0) is 36.8 Å². The highest BCUT2D eigenvalue weighted by Crippen LogP contribution is 2.30. The van der Waals surface area contributed by atoms with Crippen LogP contribution in [0.5, 0.6) is 0 Å². The van der Waals surface area contributed by atoms with E-state index in [9.17, 15) is 8.42 Å². The summed E-state index contributed by atoms with van der Waals surface area (Å²) in [6.45, 7) is 1.78. The third-order valence-corrected chi connectivity index (χ3v) is 4.87. The van der Waals surface area contributed by atoms with E-state index >= 15 is 0 Å². The van der Waals surface area contributed by atoms with E-state index in [0.29, 0.717) is 10.8 Å². The standard InChI is InChI=1S/C13H13Cl2N3O2S/c1-8-5-11(15)12(6-10(8)14)18-21(19,20)9-3-4-13(16-2)17-7-9/h3-7,18H,1-2H3,(H,16,17). The number of pyridine rings is 1. The van der Waals surface area contributed by atoms with Gasteiger partial charge < -0.3 is 5.32 Å². The maximum Gasteiger partial charge on any atom is 0.263 e. The Morgan fingerprint density at radius 2 is 1.86 bits per heavy atom. The lowest BCUT2D eigenvalue weighted by Gasteiger charge is -2.11. The molecule has 21 heavy (non-hydrogen) atoms. The van der Waals surface area contributed by atoms with Crippen molar-refractivity contribution in [3.05, 3.63) is 46.1 Å². The fourth-order valence-electron chi connectivity index (χ4n) is 1.62. The first-order chi connectivity index (χ1) is 9.83. The second-order valence-corrected chi connectivity index (χ2v) is 6.81. The molecule has 8 heteroatoms. The zero-order chi connectivity index (χ0) is 15.6. The second kappa shape index (κ2) is 6.09. The van der Waals surface area contributed by atoms with Crippen molar-refractivity contribution in [3.8, 4) is 0 Å². The third-order valence-electron chi connectivity index (χ3n) is 2.80.